The maximum atomic E-state index is 14.0. The fraction of sp³-hybridized carbons (Fsp3) is 0.429. The van der Waals surface area contributed by atoms with Crippen molar-refractivity contribution in [2.45, 2.75) is 46.6 Å². The van der Waals surface area contributed by atoms with E-state index in [0.29, 0.717) is 48.1 Å². The minimum absolute atomic E-state index is 0.0558. The lowest BCUT2D eigenvalue weighted by molar-refractivity contribution is 0.0702. The molecule has 10 heteroatoms. The smallest absolute Gasteiger partial charge is 0.391 e. The van der Waals surface area contributed by atoms with Crippen LogP contribution in [0.25, 0.3) is 15.4 Å². The number of aromatic nitrogens is 3. The number of aryl methyl sites for hydroxylation is 3. The van der Waals surface area contributed by atoms with E-state index < -0.39 is 6.09 Å². The molecule has 0 radical (unpaired) electrons. The van der Waals surface area contributed by atoms with Crippen molar-refractivity contribution in [1.29, 1.82) is 0 Å². The topological polar surface area (TPSA) is 88.8 Å². The number of nitrogens with zero attached hydrogens (tertiary/aromatic N) is 4. The van der Waals surface area contributed by atoms with Crippen LogP contribution in [0.2, 0.25) is 0 Å². The van der Waals surface area contributed by atoms with Gasteiger partial charge in [0.25, 0.3) is 5.91 Å². The Kier molecular flexibility index (Phi) is 6.47. The highest BCUT2D eigenvalue weighted by atomic mass is 32.1. The highest BCUT2D eigenvalue weighted by molar-refractivity contribution is 7.15. The third-order valence-electron chi connectivity index (χ3n) is 7.81. The summed E-state index contributed by atoms with van der Waals surface area (Å²) < 4.78 is 7.44. The van der Waals surface area contributed by atoms with Crippen LogP contribution in [0.15, 0.2) is 35.8 Å². The Morgan fingerprint density at radius 3 is 2.84 bits per heavy atom. The molecular formula is C28H31N5O3S2. The van der Waals surface area contributed by atoms with Gasteiger partial charge in [-0.1, -0.05) is 36.8 Å². The van der Waals surface area contributed by atoms with E-state index in [2.05, 4.69) is 41.3 Å². The molecule has 6 rings (SSSR count). The zero-order chi connectivity index (χ0) is 26.6. The molecule has 2 fully saturated rings. The number of hydrogen-bond acceptors (Lipinski definition) is 7. The molecule has 4 aromatic rings. The Bertz CT molecular complexity index is 1520. The molecule has 38 heavy (non-hydrogen) atoms. The van der Waals surface area contributed by atoms with E-state index in [-0.39, 0.29) is 11.9 Å². The van der Waals surface area contributed by atoms with Gasteiger partial charge < -0.3 is 15.0 Å². The summed E-state index contributed by atoms with van der Waals surface area (Å²) in [6.07, 6.45) is 3.45. The molecule has 1 saturated carbocycles. The van der Waals surface area contributed by atoms with Gasteiger partial charge in [0, 0.05) is 24.7 Å². The number of nitrogens with one attached hydrogen (secondary N) is 1. The van der Waals surface area contributed by atoms with Crippen LogP contribution >= 0.6 is 22.7 Å². The predicted octanol–water partition coefficient (Wildman–Crippen LogP) is 5.72. The Morgan fingerprint density at radius 1 is 1.18 bits per heavy atom. The third-order valence-corrected chi connectivity index (χ3v) is 9.59. The van der Waals surface area contributed by atoms with Gasteiger partial charge in [-0.25, -0.2) is 14.8 Å². The molecule has 4 heterocycles. The average Bonchev–Trinajstić information content (AvgIpc) is 3.67. The zero-order valence-electron chi connectivity index (χ0n) is 21.9. The van der Waals surface area contributed by atoms with Crippen molar-refractivity contribution in [3.8, 4) is 16.3 Å². The molecule has 0 spiro atoms. The number of carbonyl (C=O) groups is 2. The monoisotopic (exact) mass is 549 g/mol. The summed E-state index contributed by atoms with van der Waals surface area (Å²) in [6.45, 7) is 9.13. The number of fused-ring (bicyclic) bond motifs is 2. The van der Waals surface area contributed by atoms with Gasteiger partial charge in [-0.15, -0.1) is 22.7 Å². The lowest BCUT2D eigenvalue weighted by atomic mass is 9.93. The molecule has 1 saturated heterocycles. The normalized spacial score (nSPS) is 22.7. The largest absolute Gasteiger partial charge is 0.414 e. The van der Waals surface area contributed by atoms with E-state index in [4.69, 9.17) is 4.74 Å². The second kappa shape index (κ2) is 9.81. The van der Waals surface area contributed by atoms with Crippen LogP contribution in [-0.2, 0) is 0 Å². The number of likely N-dealkylation sites (tertiary alicyclic amines) is 1. The van der Waals surface area contributed by atoms with Crippen molar-refractivity contribution in [3.05, 3.63) is 57.8 Å². The minimum atomic E-state index is -0.534. The fourth-order valence-electron chi connectivity index (χ4n) is 6.24. The SMILES string of the molecule is Cc1cccc(-c2sc(C)nc2C(=O)N2C[C@@H]3CC(C)C[C@@H]3[C@H]2CNC(=O)Oc2c(C)nc3sccn23)c1. The molecule has 0 bridgehead atoms. The zero-order valence-corrected chi connectivity index (χ0v) is 23.6. The maximum Gasteiger partial charge on any atom is 0.414 e. The number of amides is 2. The van der Waals surface area contributed by atoms with E-state index >= 15 is 0 Å². The first-order valence-corrected chi connectivity index (χ1v) is 14.7. The van der Waals surface area contributed by atoms with Gasteiger partial charge >= 0.3 is 6.09 Å². The summed E-state index contributed by atoms with van der Waals surface area (Å²) in [5.74, 6) is 1.76. The van der Waals surface area contributed by atoms with Crippen LogP contribution in [-0.4, -0.2) is 50.4 Å². The summed E-state index contributed by atoms with van der Waals surface area (Å²) in [6, 6.07) is 8.10. The molecule has 1 aromatic carbocycles. The number of imidazole rings is 1. The lowest BCUT2D eigenvalue weighted by Gasteiger charge is -2.28. The maximum absolute atomic E-state index is 14.0. The molecule has 1 unspecified atom stereocenters. The summed E-state index contributed by atoms with van der Waals surface area (Å²) >= 11 is 3.04. The quantitative estimate of drug-likeness (QED) is 0.344. The second-order valence-electron chi connectivity index (χ2n) is 10.6. The predicted molar refractivity (Wildman–Crippen MR) is 149 cm³/mol. The first-order chi connectivity index (χ1) is 18.3. The summed E-state index contributed by atoms with van der Waals surface area (Å²) in [4.78, 5) is 39.7. The summed E-state index contributed by atoms with van der Waals surface area (Å²) in [7, 11) is 0. The van der Waals surface area contributed by atoms with Crippen molar-refractivity contribution in [2.24, 2.45) is 17.8 Å². The summed E-state index contributed by atoms with van der Waals surface area (Å²) in [5.41, 5.74) is 3.33. The molecule has 8 nitrogen and oxygen atoms in total. The van der Waals surface area contributed by atoms with Crippen LogP contribution in [0, 0.1) is 38.5 Å². The van der Waals surface area contributed by atoms with E-state index in [0.717, 1.165) is 38.8 Å². The Balaban J connectivity index is 1.23. The van der Waals surface area contributed by atoms with Crippen LogP contribution in [0.4, 0.5) is 4.79 Å². The van der Waals surface area contributed by atoms with E-state index in [9.17, 15) is 9.59 Å². The number of benzene rings is 1. The van der Waals surface area contributed by atoms with Crippen LogP contribution in [0.1, 0.15) is 46.5 Å². The standard InChI is InChI=1S/C28H31N5O3S2/c1-15-6-5-7-19(10-15)24-23(31-18(4)38-24)25(34)33-14-20-11-16(2)12-21(20)22(33)13-29-28(35)36-26-17(3)30-27-32(26)8-9-37-27/h5-10,16,20-22H,11-14H2,1-4H3,(H,29,35)/t16?,20-,21-,22+/m0/s1. The van der Waals surface area contributed by atoms with Gasteiger partial charge in [0.05, 0.1) is 15.9 Å². The number of thiazole rings is 2. The highest BCUT2D eigenvalue weighted by Crippen LogP contribution is 2.46. The van der Waals surface area contributed by atoms with Crippen molar-refractivity contribution in [1.82, 2.24) is 24.6 Å². The molecule has 3 aromatic heterocycles. The molecular weight excluding hydrogens is 518 g/mol. The van der Waals surface area contributed by atoms with E-state index in [1.54, 1.807) is 15.7 Å². The van der Waals surface area contributed by atoms with Gasteiger partial charge in [0.1, 0.15) is 11.4 Å². The van der Waals surface area contributed by atoms with Crippen LogP contribution < -0.4 is 10.1 Å². The van der Waals surface area contributed by atoms with Crippen LogP contribution in [0.5, 0.6) is 5.88 Å². The molecule has 1 aliphatic carbocycles. The molecule has 4 atom stereocenters. The Hall–Kier alpha value is -3.24. The first-order valence-electron chi connectivity index (χ1n) is 13.0. The minimum Gasteiger partial charge on any atom is -0.391 e. The Labute approximate surface area is 229 Å². The lowest BCUT2D eigenvalue weighted by Crippen LogP contribution is -2.46. The molecule has 2 amide bonds. The van der Waals surface area contributed by atoms with Gasteiger partial charge in [-0.3, -0.25) is 9.20 Å². The Morgan fingerprint density at radius 2 is 2.03 bits per heavy atom. The number of ether oxygens (including phenoxy) is 1. The van der Waals surface area contributed by atoms with Crippen molar-refractivity contribution < 1.29 is 14.3 Å². The van der Waals surface area contributed by atoms with Gasteiger partial charge in [-0.05, 0) is 56.9 Å². The van der Waals surface area contributed by atoms with Crippen molar-refractivity contribution >= 4 is 39.6 Å². The molecule has 198 valence electrons. The highest BCUT2D eigenvalue weighted by Gasteiger charge is 2.48. The summed E-state index contributed by atoms with van der Waals surface area (Å²) in [5, 5.41) is 5.73. The van der Waals surface area contributed by atoms with E-state index in [1.807, 2.05) is 42.5 Å². The number of rotatable bonds is 5. The third kappa shape index (κ3) is 4.49. The van der Waals surface area contributed by atoms with Gasteiger partial charge in [-0.2, -0.15) is 0 Å². The van der Waals surface area contributed by atoms with Crippen molar-refractivity contribution in [2.75, 3.05) is 13.1 Å². The van der Waals surface area contributed by atoms with Crippen LogP contribution in [0.3, 0.4) is 0 Å². The van der Waals surface area contributed by atoms with Gasteiger partial charge in [0.15, 0.2) is 4.96 Å². The first kappa shape index (κ1) is 25.1. The van der Waals surface area contributed by atoms with Crippen molar-refractivity contribution in [3.63, 3.8) is 0 Å². The molecule has 2 aliphatic rings. The number of hydrogen-bond donors (Lipinski definition) is 1. The van der Waals surface area contributed by atoms with E-state index in [1.165, 1.54) is 11.3 Å². The number of carbonyl (C=O) groups excluding carboxylic acids is 2. The second-order valence-corrected chi connectivity index (χ2v) is 12.7. The average molecular weight is 550 g/mol. The molecule has 1 N–H and O–H groups in total. The van der Waals surface area contributed by atoms with Gasteiger partial charge in [0.2, 0.25) is 5.88 Å². The fourth-order valence-corrected chi connectivity index (χ4v) is 7.90. The molecule has 1 aliphatic heterocycles.